The molecule has 2 aromatic carbocycles. The van der Waals surface area contributed by atoms with Gasteiger partial charge in [0, 0.05) is 12.0 Å². The molecule has 1 aliphatic rings. The summed E-state index contributed by atoms with van der Waals surface area (Å²) in [6, 6.07) is 18.4. The highest BCUT2D eigenvalue weighted by molar-refractivity contribution is 5.38. The first kappa shape index (κ1) is 13.4. The van der Waals surface area contributed by atoms with E-state index in [0.29, 0.717) is 12.0 Å². The van der Waals surface area contributed by atoms with Gasteiger partial charge >= 0.3 is 0 Å². The predicted molar refractivity (Wildman–Crippen MR) is 85.1 cm³/mol. The third kappa shape index (κ3) is 2.51. The molecule has 3 rings (SSSR count). The maximum atomic E-state index is 3.70. The first-order valence-corrected chi connectivity index (χ1v) is 7.67. The Balaban J connectivity index is 1.94. The molecule has 20 heavy (non-hydrogen) atoms. The van der Waals surface area contributed by atoms with E-state index in [2.05, 4.69) is 67.7 Å². The molecule has 104 valence electrons. The fourth-order valence-electron chi connectivity index (χ4n) is 3.42. The largest absolute Gasteiger partial charge is 0.310 e. The average Bonchev–Trinajstić information content (AvgIpc) is 2.90. The monoisotopic (exact) mass is 265 g/mol. The van der Waals surface area contributed by atoms with E-state index >= 15 is 0 Å². The number of benzene rings is 2. The van der Waals surface area contributed by atoms with Gasteiger partial charge in [-0.15, -0.1) is 0 Å². The van der Waals surface area contributed by atoms with Crippen molar-refractivity contribution in [3.63, 3.8) is 0 Å². The highest BCUT2D eigenvalue weighted by atomic mass is 14.9. The van der Waals surface area contributed by atoms with Crippen molar-refractivity contribution < 1.29 is 0 Å². The van der Waals surface area contributed by atoms with Gasteiger partial charge in [-0.3, -0.25) is 0 Å². The van der Waals surface area contributed by atoms with E-state index in [4.69, 9.17) is 0 Å². The van der Waals surface area contributed by atoms with Crippen LogP contribution in [0.2, 0.25) is 0 Å². The summed E-state index contributed by atoms with van der Waals surface area (Å²) >= 11 is 0. The van der Waals surface area contributed by atoms with Gasteiger partial charge in [0.05, 0.1) is 0 Å². The summed E-state index contributed by atoms with van der Waals surface area (Å²) in [5.41, 5.74) is 5.82. The summed E-state index contributed by atoms with van der Waals surface area (Å²) in [5, 5.41) is 3.70. The second-order valence-electron chi connectivity index (χ2n) is 5.79. The van der Waals surface area contributed by atoms with Gasteiger partial charge < -0.3 is 5.32 Å². The zero-order chi connectivity index (χ0) is 13.9. The van der Waals surface area contributed by atoms with Gasteiger partial charge in [0.1, 0.15) is 0 Å². The van der Waals surface area contributed by atoms with Crippen LogP contribution in [0.4, 0.5) is 0 Å². The number of likely N-dealkylation sites (N-methyl/N-ethyl adjacent to an activating group) is 1. The topological polar surface area (TPSA) is 12.0 Å². The highest BCUT2D eigenvalue weighted by Gasteiger charge is 2.29. The van der Waals surface area contributed by atoms with E-state index in [1.54, 1.807) is 5.56 Å². The lowest BCUT2D eigenvalue weighted by Gasteiger charge is -2.26. The third-order valence-corrected chi connectivity index (χ3v) is 4.44. The molecule has 0 aromatic heterocycles. The second-order valence-corrected chi connectivity index (χ2v) is 5.79. The van der Waals surface area contributed by atoms with Gasteiger partial charge in [0.15, 0.2) is 0 Å². The van der Waals surface area contributed by atoms with Crippen LogP contribution in [-0.2, 0) is 6.42 Å². The molecule has 0 amide bonds. The van der Waals surface area contributed by atoms with Crippen LogP contribution < -0.4 is 5.32 Å². The van der Waals surface area contributed by atoms with Crippen molar-refractivity contribution in [3.8, 4) is 0 Å². The molecule has 0 bridgehead atoms. The molecule has 0 saturated heterocycles. The van der Waals surface area contributed by atoms with E-state index in [1.165, 1.54) is 29.5 Å². The minimum atomic E-state index is 0.434. The molecule has 2 aromatic rings. The van der Waals surface area contributed by atoms with Crippen LogP contribution in [0.25, 0.3) is 0 Å². The Morgan fingerprint density at radius 3 is 2.60 bits per heavy atom. The summed E-state index contributed by atoms with van der Waals surface area (Å²) in [6.45, 7) is 5.36. The van der Waals surface area contributed by atoms with E-state index < -0.39 is 0 Å². The van der Waals surface area contributed by atoms with E-state index in [-0.39, 0.29) is 0 Å². The number of rotatable bonds is 4. The maximum absolute atomic E-state index is 3.70. The zero-order valence-electron chi connectivity index (χ0n) is 12.4. The molecular weight excluding hydrogens is 242 g/mol. The standard InChI is InChI=1S/C19H23N/c1-3-20-19(16-10-8-14(2)9-11-16)18-13-12-15-6-4-5-7-17(15)18/h4-11,18-20H,3,12-13H2,1-2H3. The minimum absolute atomic E-state index is 0.434. The Bertz CT molecular complexity index is 571. The summed E-state index contributed by atoms with van der Waals surface area (Å²) < 4.78 is 0. The maximum Gasteiger partial charge on any atom is 0.0389 e. The summed E-state index contributed by atoms with van der Waals surface area (Å²) in [4.78, 5) is 0. The molecule has 0 aliphatic heterocycles. The lowest BCUT2D eigenvalue weighted by atomic mass is 9.88. The summed E-state index contributed by atoms with van der Waals surface area (Å²) in [6.07, 6.45) is 2.47. The lowest BCUT2D eigenvalue weighted by molar-refractivity contribution is 0.453. The van der Waals surface area contributed by atoms with Crippen molar-refractivity contribution in [2.75, 3.05) is 6.54 Å². The van der Waals surface area contributed by atoms with Gasteiger partial charge in [-0.2, -0.15) is 0 Å². The SMILES string of the molecule is CCNC(c1ccc(C)cc1)C1CCc2ccccc21. The highest BCUT2D eigenvalue weighted by Crippen LogP contribution is 2.41. The molecule has 0 fully saturated rings. The molecule has 0 heterocycles. The van der Waals surface area contributed by atoms with Crippen molar-refractivity contribution in [1.29, 1.82) is 0 Å². The molecule has 1 nitrogen and oxygen atoms in total. The number of fused-ring (bicyclic) bond motifs is 1. The quantitative estimate of drug-likeness (QED) is 0.865. The van der Waals surface area contributed by atoms with Crippen LogP contribution in [0, 0.1) is 6.92 Å². The van der Waals surface area contributed by atoms with Crippen LogP contribution >= 0.6 is 0 Å². The predicted octanol–water partition coefficient (Wildman–Crippen LogP) is 4.38. The van der Waals surface area contributed by atoms with Crippen molar-refractivity contribution in [2.45, 2.75) is 38.6 Å². The average molecular weight is 265 g/mol. The van der Waals surface area contributed by atoms with Gasteiger partial charge in [0.25, 0.3) is 0 Å². The van der Waals surface area contributed by atoms with Crippen molar-refractivity contribution in [3.05, 3.63) is 70.8 Å². The molecular formula is C19H23N. The van der Waals surface area contributed by atoms with E-state index in [0.717, 1.165) is 6.54 Å². The number of aryl methyl sites for hydroxylation is 2. The Morgan fingerprint density at radius 1 is 1.10 bits per heavy atom. The Kier molecular flexibility index (Phi) is 3.88. The van der Waals surface area contributed by atoms with E-state index in [9.17, 15) is 0 Å². The molecule has 1 aliphatic carbocycles. The van der Waals surface area contributed by atoms with Crippen molar-refractivity contribution in [1.82, 2.24) is 5.32 Å². The van der Waals surface area contributed by atoms with Crippen LogP contribution in [0.1, 0.15) is 47.6 Å². The summed E-state index contributed by atoms with van der Waals surface area (Å²) in [7, 11) is 0. The van der Waals surface area contributed by atoms with Crippen LogP contribution in [-0.4, -0.2) is 6.54 Å². The molecule has 0 saturated carbocycles. The normalized spacial score (nSPS) is 18.8. The van der Waals surface area contributed by atoms with Gasteiger partial charge in [-0.05, 0) is 43.0 Å². The molecule has 2 atom stereocenters. The number of nitrogens with one attached hydrogen (secondary N) is 1. The first-order chi connectivity index (χ1) is 9.79. The fraction of sp³-hybridized carbons (Fsp3) is 0.368. The smallest absolute Gasteiger partial charge is 0.0389 e. The second kappa shape index (κ2) is 5.80. The summed E-state index contributed by atoms with van der Waals surface area (Å²) in [5.74, 6) is 0.605. The van der Waals surface area contributed by atoms with Crippen molar-refractivity contribution in [2.24, 2.45) is 0 Å². The molecule has 2 unspecified atom stereocenters. The van der Waals surface area contributed by atoms with Crippen molar-refractivity contribution >= 4 is 0 Å². The third-order valence-electron chi connectivity index (χ3n) is 4.44. The Labute approximate surface area is 122 Å². The Hall–Kier alpha value is -1.60. The Morgan fingerprint density at radius 2 is 1.85 bits per heavy atom. The molecule has 0 spiro atoms. The van der Waals surface area contributed by atoms with Crippen LogP contribution in [0.15, 0.2) is 48.5 Å². The number of hydrogen-bond acceptors (Lipinski definition) is 1. The van der Waals surface area contributed by atoms with E-state index in [1.807, 2.05) is 0 Å². The molecule has 1 N–H and O–H groups in total. The van der Waals surface area contributed by atoms with Crippen LogP contribution in [0.3, 0.4) is 0 Å². The van der Waals surface area contributed by atoms with Gasteiger partial charge in [0.2, 0.25) is 0 Å². The fourth-order valence-corrected chi connectivity index (χ4v) is 3.42. The van der Waals surface area contributed by atoms with Crippen LogP contribution in [0.5, 0.6) is 0 Å². The van der Waals surface area contributed by atoms with Gasteiger partial charge in [-0.25, -0.2) is 0 Å². The number of hydrogen-bond donors (Lipinski definition) is 1. The first-order valence-electron chi connectivity index (χ1n) is 7.67. The minimum Gasteiger partial charge on any atom is -0.310 e. The molecule has 0 radical (unpaired) electrons. The molecule has 1 heteroatoms. The van der Waals surface area contributed by atoms with Gasteiger partial charge in [-0.1, -0.05) is 61.0 Å². The zero-order valence-corrected chi connectivity index (χ0v) is 12.4. The lowest BCUT2D eigenvalue weighted by Crippen LogP contribution is -2.26.